The van der Waals surface area contributed by atoms with Crippen LogP contribution in [0.2, 0.25) is 0 Å². The summed E-state index contributed by atoms with van der Waals surface area (Å²) in [5.74, 6) is 0.0889. The van der Waals surface area contributed by atoms with Gasteiger partial charge in [0.1, 0.15) is 22.8 Å². The number of methoxy groups -OCH3 is 1. The second-order valence-electron chi connectivity index (χ2n) is 8.56. The molecule has 2 aromatic heterocycles. The summed E-state index contributed by atoms with van der Waals surface area (Å²) < 4.78 is 35.4. The summed E-state index contributed by atoms with van der Waals surface area (Å²) in [6.07, 6.45) is 3.28. The zero-order valence-electron chi connectivity index (χ0n) is 18.7. The zero-order chi connectivity index (χ0) is 23.8. The fourth-order valence-electron chi connectivity index (χ4n) is 3.42. The van der Waals surface area contributed by atoms with Crippen molar-refractivity contribution in [3.63, 3.8) is 0 Å². The van der Waals surface area contributed by atoms with Gasteiger partial charge in [-0.05, 0) is 53.4 Å². The predicted octanol–water partition coefficient (Wildman–Crippen LogP) is 3.85. The van der Waals surface area contributed by atoms with E-state index in [4.69, 9.17) is 4.74 Å². The van der Waals surface area contributed by atoms with Crippen molar-refractivity contribution in [1.82, 2.24) is 19.3 Å². The number of sulfonamides is 1. The Kier molecular flexibility index (Phi) is 5.67. The minimum absolute atomic E-state index is 0.0914. The second-order valence-corrected chi connectivity index (χ2v) is 10.2. The molecule has 0 aliphatic rings. The number of fused-ring (bicyclic) bond motifs is 1. The highest BCUT2D eigenvalue weighted by Gasteiger charge is 2.26. The number of nitrogens with zero attached hydrogens (tertiary/aromatic N) is 3. The molecule has 2 heterocycles. The summed E-state index contributed by atoms with van der Waals surface area (Å²) >= 11 is 0. The highest BCUT2D eigenvalue weighted by Crippen LogP contribution is 2.31. The largest absolute Gasteiger partial charge is 0.495 e. The van der Waals surface area contributed by atoms with Gasteiger partial charge in [-0.15, -0.1) is 0 Å². The summed E-state index contributed by atoms with van der Waals surface area (Å²) in [5, 5.41) is 0. The Balaban J connectivity index is 1.65. The van der Waals surface area contributed by atoms with Crippen molar-refractivity contribution in [3.05, 3.63) is 78.2 Å². The molecule has 0 aliphatic carbocycles. The average Bonchev–Trinajstić information content (AvgIpc) is 3.21. The van der Waals surface area contributed by atoms with Crippen molar-refractivity contribution in [2.75, 3.05) is 7.11 Å². The molecule has 8 nitrogen and oxygen atoms in total. The Hall–Kier alpha value is -3.72. The van der Waals surface area contributed by atoms with Gasteiger partial charge in [0.2, 0.25) is 0 Å². The van der Waals surface area contributed by atoms with Crippen LogP contribution in [0.15, 0.2) is 72.0 Å². The molecule has 2 aromatic carbocycles. The lowest BCUT2D eigenvalue weighted by molar-refractivity contribution is 0.0981. The van der Waals surface area contributed by atoms with E-state index < -0.39 is 15.9 Å². The number of rotatable bonds is 5. The first-order valence-corrected chi connectivity index (χ1v) is 11.7. The minimum atomic E-state index is -4.18. The molecule has 1 amide bonds. The first-order chi connectivity index (χ1) is 15.6. The number of amides is 1. The molecular weight excluding hydrogens is 440 g/mol. The van der Waals surface area contributed by atoms with Crippen molar-refractivity contribution in [2.24, 2.45) is 0 Å². The highest BCUT2D eigenvalue weighted by molar-refractivity contribution is 7.90. The number of hydrogen-bond donors (Lipinski definition) is 1. The Morgan fingerprint density at radius 1 is 1.03 bits per heavy atom. The number of imidazole rings is 1. The number of pyridine rings is 1. The molecule has 0 saturated carbocycles. The van der Waals surface area contributed by atoms with Crippen molar-refractivity contribution in [1.29, 1.82) is 0 Å². The number of carbonyl (C=O) groups is 1. The molecule has 0 aliphatic heterocycles. The Bertz CT molecular complexity index is 1440. The fraction of sp³-hybridized carbons (Fsp3) is 0.208. The van der Waals surface area contributed by atoms with Gasteiger partial charge in [0.05, 0.1) is 18.1 Å². The van der Waals surface area contributed by atoms with Gasteiger partial charge in [0.15, 0.2) is 0 Å². The van der Waals surface area contributed by atoms with E-state index in [1.54, 1.807) is 41.4 Å². The lowest BCUT2D eigenvalue weighted by Crippen LogP contribution is -2.31. The van der Waals surface area contributed by atoms with Crippen LogP contribution in [0.1, 0.15) is 36.7 Å². The molecule has 0 saturated heterocycles. The van der Waals surface area contributed by atoms with Crippen LogP contribution < -0.4 is 9.46 Å². The lowest BCUT2D eigenvalue weighted by Gasteiger charge is -2.21. The van der Waals surface area contributed by atoms with Gasteiger partial charge in [0, 0.05) is 11.8 Å². The van der Waals surface area contributed by atoms with Crippen LogP contribution in [-0.2, 0) is 15.4 Å². The van der Waals surface area contributed by atoms with Crippen LogP contribution in [0.5, 0.6) is 5.75 Å². The number of hydrogen-bond acceptors (Lipinski definition) is 6. The molecule has 1 N–H and O–H groups in total. The third-order valence-corrected chi connectivity index (χ3v) is 6.60. The Labute approximate surface area is 192 Å². The smallest absolute Gasteiger partial charge is 0.268 e. The molecule has 170 valence electrons. The molecule has 0 fully saturated rings. The lowest BCUT2D eigenvalue weighted by atomic mass is 9.87. The average molecular weight is 465 g/mol. The highest BCUT2D eigenvalue weighted by atomic mass is 32.2. The summed E-state index contributed by atoms with van der Waals surface area (Å²) in [5.41, 5.74) is 1.98. The van der Waals surface area contributed by atoms with Gasteiger partial charge in [0.25, 0.3) is 15.9 Å². The standard InChI is InChI=1S/C24H24N4O4S/c1-24(2,3)17-9-11-20(32-4)21(14-17)33(30,31)27-23(29)16-8-10-19-18(13-16)26-15-28(19)22-7-5-6-12-25-22/h5-15H,1-4H3,(H,27,29). The SMILES string of the molecule is COc1ccc(C(C)(C)C)cc1S(=O)(=O)NC(=O)c1ccc2c(c1)ncn2-c1ccccn1. The number of benzene rings is 2. The Morgan fingerprint density at radius 3 is 2.48 bits per heavy atom. The van der Waals surface area contributed by atoms with E-state index in [1.807, 2.05) is 45.0 Å². The zero-order valence-corrected chi connectivity index (χ0v) is 19.6. The summed E-state index contributed by atoms with van der Waals surface area (Å²) in [6.45, 7) is 5.93. The van der Waals surface area contributed by atoms with Gasteiger partial charge in [-0.1, -0.05) is 32.9 Å². The van der Waals surface area contributed by atoms with Crippen LogP contribution in [0.25, 0.3) is 16.9 Å². The molecule has 0 bridgehead atoms. The molecule has 0 spiro atoms. The van der Waals surface area contributed by atoms with Crippen molar-refractivity contribution in [2.45, 2.75) is 31.1 Å². The number of aromatic nitrogens is 3. The van der Waals surface area contributed by atoms with Crippen molar-refractivity contribution in [3.8, 4) is 11.6 Å². The molecule has 0 atom stereocenters. The number of ether oxygens (including phenoxy) is 1. The van der Waals surface area contributed by atoms with Crippen molar-refractivity contribution >= 4 is 27.0 Å². The van der Waals surface area contributed by atoms with Crippen LogP contribution in [0.4, 0.5) is 0 Å². The molecule has 4 aromatic rings. The second kappa shape index (κ2) is 8.32. The molecule has 0 unspecified atom stereocenters. The third-order valence-electron chi connectivity index (χ3n) is 5.25. The van der Waals surface area contributed by atoms with E-state index >= 15 is 0 Å². The van der Waals surface area contributed by atoms with Crippen LogP contribution in [0.3, 0.4) is 0 Å². The summed E-state index contributed by atoms with van der Waals surface area (Å²) in [6, 6.07) is 15.3. The maximum atomic E-state index is 13.1. The molecule has 9 heteroatoms. The van der Waals surface area contributed by atoms with Crippen LogP contribution in [-0.4, -0.2) is 36.0 Å². The van der Waals surface area contributed by atoms with Crippen LogP contribution in [0, 0.1) is 0 Å². The van der Waals surface area contributed by atoms with Gasteiger partial charge in [-0.25, -0.2) is 23.1 Å². The van der Waals surface area contributed by atoms with E-state index in [1.165, 1.54) is 13.2 Å². The van der Waals surface area contributed by atoms with E-state index in [0.717, 1.165) is 11.1 Å². The van der Waals surface area contributed by atoms with Gasteiger partial charge >= 0.3 is 0 Å². The number of carbonyl (C=O) groups excluding carboxylic acids is 1. The first-order valence-electron chi connectivity index (χ1n) is 10.2. The van der Waals surface area contributed by atoms with E-state index in [2.05, 4.69) is 14.7 Å². The normalized spacial score (nSPS) is 12.0. The molecule has 33 heavy (non-hydrogen) atoms. The summed E-state index contributed by atoms with van der Waals surface area (Å²) in [7, 11) is -2.80. The maximum Gasteiger partial charge on any atom is 0.268 e. The minimum Gasteiger partial charge on any atom is -0.495 e. The monoisotopic (exact) mass is 464 g/mol. The predicted molar refractivity (Wildman–Crippen MR) is 125 cm³/mol. The van der Waals surface area contributed by atoms with Gasteiger partial charge in [-0.3, -0.25) is 9.36 Å². The fourth-order valence-corrected chi connectivity index (χ4v) is 4.59. The number of nitrogens with one attached hydrogen (secondary N) is 1. The van der Waals surface area contributed by atoms with Gasteiger partial charge in [-0.2, -0.15) is 0 Å². The maximum absolute atomic E-state index is 13.1. The summed E-state index contributed by atoms with van der Waals surface area (Å²) in [4.78, 5) is 21.4. The molecule has 0 radical (unpaired) electrons. The van der Waals surface area contributed by atoms with Crippen molar-refractivity contribution < 1.29 is 17.9 Å². The molecule has 4 rings (SSSR count). The van der Waals surface area contributed by atoms with E-state index in [-0.39, 0.29) is 21.6 Å². The third kappa shape index (κ3) is 4.45. The quantitative estimate of drug-likeness (QED) is 0.481. The Morgan fingerprint density at radius 2 is 1.82 bits per heavy atom. The topological polar surface area (TPSA) is 103 Å². The van der Waals surface area contributed by atoms with Crippen LogP contribution >= 0.6 is 0 Å². The van der Waals surface area contributed by atoms with E-state index in [9.17, 15) is 13.2 Å². The van der Waals surface area contributed by atoms with E-state index in [0.29, 0.717) is 11.3 Å². The molecular formula is C24H24N4O4S. The first kappa shape index (κ1) is 22.5. The van der Waals surface area contributed by atoms with Gasteiger partial charge < -0.3 is 4.74 Å².